The van der Waals surface area contributed by atoms with Crippen LogP contribution in [0.5, 0.6) is 5.75 Å². The van der Waals surface area contributed by atoms with Crippen molar-refractivity contribution < 1.29 is 14.6 Å². The number of allylic oxidation sites excluding steroid dienone is 2. The molecule has 0 saturated heterocycles. The second kappa shape index (κ2) is 14.3. The van der Waals surface area contributed by atoms with Crippen LogP contribution in [0.4, 0.5) is 0 Å². The summed E-state index contributed by atoms with van der Waals surface area (Å²) in [5.74, 6) is 0.168. The predicted octanol–water partition coefficient (Wildman–Crippen LogP) is 7.53. The summed E-state index contributed by atoms with van der Waals surface area (Å²) in [6, 6.07) is 6.05. The Morgan fingerprint density at radius 3 is 2.35 bits per heavy atom. The highest BCUT2D eigenvalue weighted by atomic mass is 16.5. The Kier molecular flexibility index (Phi) is 10.8. The Labute approximate surface area is 203 Å². The predicted molar refractivity (Wildman–Crippen MR) is 139 cm³/mol. The minimum absolute atomic E-state index is 0.313. The summed E-state index contributed by atoms with van der Waals surface area (Å²) in [6.07, 6.45) is 21.3. The van der Waals surface area contributed by atoms with Crippen LogP contribution < -0.4 is 4.74 Å². The number of nitrogens with one attached hydrogen (secondary N) is 2. The number of aliphatic carboxylic acids is 1. The Balaban J connectivity index is 1.33. The van der Waals surface area contributed by atoms with Gasteiger partial charge >= 0.3 is 5.97 Å². The number of aliphatic imine (C=N–C) groups is 1. The van der Waals surface area contributed by atoms with Crippen LogP contribution in [0.1, 0.15) is 89.7 Å². The van der Waals surface area contributed by atoms with E-state index in [-0.39, 0.29) is 0 Å². The van der Waals surface area contributed by atoms with Gasteiger partial charge in [0.15, 0.2) is 0 Å². The quantitative estimate of drug-likeness (QED) is 0.211. The minimum atomic E-state index is -0.676. The highest BCUT2D eigenvalue weighted by molar-refractivity contribution is 5.99. The zero-order valence-corrected chi connectivity index (χ0v) is 20.4. The maximum Gasteiger partial charge on any atom is 0.303 e. The first-order valence-corrected chi connectivity index (χ1v) is 12.8. The number of aromatic nitrogens is 2. The van der Waals surface area contributed by atoms with Crippen molar-refractivity contribution in [1.29, 1.82) is 0 Å². The Morgan fingerprint density at radius 2 is 1.71 bits per heavy atom. The Bertz CT molecular complexity index is 967. The van der Waals surface area contributed by atoms with E-state index < -0.39 is 5.97 Å². The number of ether oxygens (including phenoxy) is 1. The molecule has 2 aromatic heterocycles. The molecule has 184 valence electrons. The van der Waals surface area contributed by atoms with Gasteiger partial charge in [0.05, 0.1) is 29.4 Å². The number of carboxylic acids is 1. The lowest BCUT2D eigenvalue weighted by Crippen LogP contribution is -1.93. The molecule has 0 aromatic carbocycles. The molecular weight excluding hydrogens is 426 g/mol. The van der Waals surface area contributed by atoms with E-state index in [1.165, 1.54) is 44.9 Å². The van der Waals surface area contributed by atoms with Crippen molar-refractivity contribution in [1.82, 2.24) is 9.97 Å². The SMILES string of the molecule is CCOc1cc(-c2ccc[nH]2)[nH]c1C=C1C=CC(CCCCCCCCCCCCC(=O)O)=N1. The number of rotatable bonds is 17. The number of carboxylic acid groups (broad SMARTS) is 1. The molecule has 0 atom stereocenters. The van der Waals surface area contributed by atoms with Crippen LogP contribution in [0.15, 0.2) is 47.2 Å². The zero-order chi connectivity index (χ0) is 24.0. The smallest absolute Gasteiger partial charge is 0.303 e. The molecule has 0 unspecified atom stereocenters. The summed E-state index contributed by atoms with van der Waals surface area (Å²) in [6.45, 7) is 2.62. The van der Waals surface area contributed by atoms with Crippen LogP contribution >= 0.6 is 0 Å². The monoisotopic (exact) mass is 465 g/mol. The topological polar surface area (TPSA) is 90.5 Å². The normalized spacial score (nSPS) is 14.1. The fraction of sp³-hybridized carbons (Fsp3) is 0.500. The van der Waals surface area contributed by atoms with E-state index in [9.17, 15) is 4.79 Å². The van der Waals surface area contributed by atoms with E-state index in [1.54, 1.807) is 0 Å². The first-order chi connectivity index (χ1) is 16.7. The molecule has 0 bridgehead atoms. The van der Waals surface area contributed by atoms with Gasteiger partial charge in [-0.25, -0.2) is 0 Å². The minimum Gasteiger partial charge on any atom is -0.492 e. The number of nitrogens with zero attached hydrogens (tertiary/aromatic N) is 1. The van der Waals surface area contributed by atoms with Crippen molar-refractivity contribution in [2.75, 3.05) is 6.61 Å². The third-order valence-corrected chi connectivity index (χ3v) is 6.08. The first kappa shape index (κ1) is 25.6. The number of carbonyl (C=O) groups is 1. The molecule has 2 aromatic rings. The van der Waals surface area contributed by atoms with Gasteiger partial charge in [0.2, 0.25) is 0 Å². The highest BCUT2D eigenvalue weighted by Crippen LogP contribution is 2.29. The molecule has 0 aliphatic carbocycles. The number of unbranched alkanes of at least 4 members (excludes halogenated alkanes) is 9. The summed E-state index contributed by atoms with van der Waals surface area (Å²) < 4.78 is 5.82. The molecule has 0 fully saturated rings. The lowest BCUT2D eigenvalue weighted by Gasteiger charge is -2.03. The van der Waals surface area contributed by atoms with E-state index in [0.717, 1.165) is 59.9 Å². The van der Waals surface area contributed by atoms with E-state index in [4.69, 9.17) is 14.8 Å². The fourth-order valence-corrected chi connectivity index (χ4v) is 4.26. The summed E-state index contributed by atoms with van der Waals surface area (Å²) >= 11 is 0. The Morgan fingerprint density at radius 1 is 1.00 bits per heavy atom. The maximum atomic E-state index is 10.5. The molecule has 0 radical (unpaired) electrons. The van der Waals surface area contributed by atoms with Crippen LogP contribution in [0.3, 0.4) is 0 Å². The fourth-order valence-electron chi connectivity index (χ4n) is 4.26. The Hall–Kier alpha value is -3.02. The average Bonchev–Trinajstić information content (AvgIpc) is 3.57. The lowest BCUT2D eigenvalue weighted by atomic mass is 10.0. The van der Waals surface area contributed by atoms with Gasteiger partial charge in [0, 0.05) is 24.4 Å². The molecule has 6 heteroatoms. The second-order valence-electron chi connectivity index (χ2n) is 8.91. The summed E-state index contributed by atoms with van der Waals surface area (Å²) in [5, 5.41) is 8.64. The summed E-state index contributed by atoms with van der Waals surface area (Å²) in [4.78, 5) is 22.0. The number of aromatic amines is 2. The van der Waals surface area contributed by atoms with Crippen molar-refractivity contribution in [3.63, 3.8) is 0 Å². The molecule has 0 amide bonds. The van der Waals surface area contributed by atoms with Crippen molar-refractivity contribution in [2.24, 2.45) is 4.99 Å². The third kappa shape index (κ3) is 8.73. The van der Waals surface area contributed by atoms with Gasteiger partial charge in [-0.15, -0.1) is 0 Å². The van der Waals surface area contributed by atoms with Crippen molar-refractivity contribution in [3.05, 3.63) is 47.9 Å². The average molecular weight is 466 g/mol. The van der Waals surface area contributed by atoms with Crippen LogP contribution in [-0.4, -0.2) is 33.4 Å². The van der Waals surface area contributed by atoms with Gasteiger partial charge in [-0.05, 0) is 56.5 Å². The molecule has 3 N–H and O–H groups in total. The lowest BCUT2D eigenvalue weighted by molar-refractivity contribution is -0.137. The largest absolute Gasteiger partial charge is 0.492 e. The van der Waals surface area contributed by atoms with Gasteiger partial charge < -0.3 is 19.8 Å². The van der Waals surface area contributed by atoms with Gasteiger partial charge in [-0.1, -0.05) is 51.4 Å². The molecule has 3 rings (SSSR count). The van der Waals surface area contributed by atoms with E-state index in [1.807, 2.05) is 31.3 Å². The maximum absolute atomic E-state index is 10.5. The van der Waals surface area contributed by atoms with Crippen LogP contribution in [0.2, 0.25) is 0 Å². The van der Waals surface area contributed by atoms with Gasteiger partial charge in [-0.2, -0.15) is 0 Å². The van der Waals surface area contributed by atoms with E-state index in [0.29, 0.717) is 13.0 Å². The summed E-state index contributed by atoms with van der Waals surface area (Å²) in [5.41, 5.74) is 5.09. The highest BCUT2D eigenvalue weighted by Gasteiger charge is 2.12. The molecule has 34 heavy (non-hydrogen) atoms. The second-order valence-corrected chi connectivity index (χ2v) is 8.91. The number of H-pyrrole nitrogens is 2. The van der Waals surface area contributed by atoms with Gasteiger partial charge in [-0.3, -0.25) is 9.79 Å². The number of hydrogen-bond acceptors (Lipinski definition) is 3. The molecule has 1 aliphatic heterocycles. The van der Waals surface area contributed by atoms with Gasteiger partial charge in [0.1, 0.15) is 5.75 Å². The van der Waals surface area contributed by atoms with Crippen molar-refractivity contribution in [3.8, 4) is 17.1 Å². The molecule has 1 aliphatic rings. The molecule has 6 nitrogen and oxygen atoms in total. The molecule has 0 saturated carbocycles. The van der Waals surface area contributed by atoms with E-state index >= 15 is 0 Å². The first-order valence-electron chi connectivity index (χ1n) is 12.8. The standard InChI is InChI=1S/C28H39N3O3/c1-2-34-27-21-25(24-15-13-19-29-24)31-26(27)20-23-18-17-22(30-23)14-11-9-7-5-3-4-6-8-10-12-16-28(32)33/h13,15,17-21,29,31H,2-12,14,16H2,1H3,(H,32,33). The van der Waals surface area contributed by atoms with Crippen molar-refractivity contribution >= 4 is 17.8 Å². The number of hydrogen-bond donors (Lipinski definition) is 3. The van der Waals surface area contributed by atoms with Crippen LogP contribution in [-0.2, 0) is 4.79 Å². The van der Waals surface area contributed by atoms with Gasteiger partial charge in [0.25, 0.3) is 0 Å². The third-order valence-electron chi connectivity index (χ3n) is 6.08. The van der Waals surface area contributed by atoms with E-state index in [2.05, 4.69) is 28.2 Å². The van der Waals surface area contributed by atoms with Crippen molar-refractivity contribution in [2.45, 2.75) is 84.0 Å². The molecular formula is C28H39N3O3. The zero-order valence-electron chi connectivity index (χ0n) is 20.4. The molecule has 0 spiro atoms. The van der Waals surface area contributed by atoms with Crippen LogP contribution in [0, 0.1) is 0 Å². The molecule has 3 heterocycles. The summed E-state index contributed by atoms with van der Waals surface area (Å²) in [7, 11) is 0. The van der Waals surface area contributed by atoms with Crippen LogP contribution in [0.25, 0.3) is 17.5 Å².